The van der Waals surface area contributed by atoms with Crippen LogP contribution in [0.5, 0.6) is 0 Å². The number of rotatable bonds is 11. The largest absolute Gasteiger partial charge is 0.456 e. The van der Waals surface area contributed by atoms with Gasteiger partial charge in [-0.1, -0.05) is 6.07 Å². The van der Waals surface area contributed by atoms with Gasteiger partial charge in [0.05, 0.1) is 0 Å². The normalized spacial score (nSPS) is 18.5. The van der Waals surface area contributed by atoms with Gasteiger partial charge in [0.2, 0.25) is 0 Å². The summed E-state index contributed by atoms with van der Waals surface area (Å²) in [7, 11) is 1.73. The van der Waals surface area contributed by atoms with Gasteiger partial charge >= 0.3 is 5.97 Å². The fourth-order valence-corrected chi connectivity index (χ4v) is 4.24. The molecule has 0 amide bonds. The third-order valence-electron chi connectivity index (χ3n) is 6.22. The van der Waals surface area contributed by atoms with E-state index in [2.05, 4.69) is 32.4 Å². The minimum absolute atomic E-state index is 0.129. The Labute approximate surface area is 180 Å². The molecular weight excluding hydrogens is 380 g/mol. The van der Waals surface area contributed by atoms with Crippen LogP contribution in [-0.2, 0) is 22.4 Å². The number of anilines is 1. The summed E-state index contributed by atoms with van der Waals surface area (Å²) in [6.07, 6.45) is 7.88. The van der Waals surface area contributed by atoms with Crippen molar-refractivity contribution >= 4 is 11.8 Å². The van der Waals surface area contributed by atoms with Gasteiger partial charge in [-0.25, -0.2) is 4.98 Å². The fourth-order valence-electron chi connectivity index (χ4n) is 4.24. The maximum atomic E-state index is 12.1. The lowest BCUT2D eigenvalue weighted by Gasteiger charge is -2.35. The van der Waals surface area contributed by atoms with Gasteiger partial charge < -0.3 is 20.1 Å². The van der Waals surface area contributed by atoms with Crippen LogP contribution in [0.4, 0.5) is 5.82 Å². The highest BCUT2D eigenvalue weighted by atomic mass is 16.6. The van der Waals surface area contributed by atoms with Crippen LogP contribution in [0.15, 0.2) is 12.1 Å². The summed E-state index contributed by atoms with van der Waals surface area (Å²) in [5.74, 6) is 0.971. The van der Waals surface area contributed by atoms with Crippen LogP contribution in [0.25, 0.3) is 0 Å². The molecule has 1 aromatic heterocycles. The molecule has 1 fully saturated rings. The van der Waals surface area contributed by atoms with Crippen molar-refractivity contribution in [2.45, 2.75) is 64.0 Å². The number of nitrogens with one attached hydrogen (secondary N) is 2. The minimum Gasteiger partial charge on any atom is -0.456 e. The van der Waals surface area contributed by atoms with E-state index in [4.69, 9.17) is 9.72 Å². The van der Waals surface area contributed by atoms with Crippen LogP contribution in [0.1, 0.15) is 50.3 Å². The molecule has 0 spiro atoms. The molecule has 3 N–H and O–H groups in total. The zero-order valence-electron chi connectivity index (χ0n) is 18.7. The van der Waals surface area contributed by atoms with E-state index in [0.717, 1.165) is 70.5 Å². The van der Waals surface area contributed by atoms with Gasteiger partial charge in [-0.05, 0) is 70.0 Å². The highest BCUT2D eigenvalue weighted by Gasteiger charge is 2.27. The Hall–Kier alpha value is -1.70. The molecule has 0 aliphatic carbocycles. The highest BCUT2D eigenvalue weighted by molar-refractivity contribution is 5.75. The zero-order valence-corrected chi connectivity index (χ0v) is 18.7. The first-order chi connectivity index (χ1) is 14.7. The lowest BCUT2D eigenvalue weighted by molar-refractivity contribution is -0.153. The lowest BCUT2D eigenvalue weighted by atomic mass is 10.0. The summed E-state index contributed by atoms with van der Waals surface area (Å²) < 4.78 is 9.24. The van der Waals surface area contributed by atoms with Gasteiger partial charge in [0.15, 0.2) is 13.2 Å². The predicted molar refractivity (Wildman–Crippen MR) is 120 cm³/mol. The second-order valence-electron chi connectivity index (χ2n) is 8.45. The van der Waals surface area contributed by atoms with E-state index < -0.39 is 0 Å². The molecule has 0 radical (unpaired) electrons. The van der Waals surface area contributed by atoms with E-state index in [0.29, 0.717) is 19.3 Å². The molecule has 168 valence electrons. The smallest absolute Gasteiger partial charge is 0.323 e. The van der Waals surface area contributed by atoms with E-state index in [1.165, 1.54) is 17.7 Å². The standard InChI is InChI=1S/C23H38N4O3/c1-18(23(28)30-17-16-29-2)27-14-10-20(11-15-27)24-12-4-3-7-21-9-8-19-6-5-13-25-22(19)26-21/h8-9,18,20,24H,3-7,10-17H2,1-2H3,(H,25,26)/p+1. The number of carbonyl (C=O) groups is 1. The number of hydrogen-bond donors (Lipinski definition) is 2. The highest BCUT2D eigenvalue weighted by Crippen LogP contribution is 2.20. The number of fused-ring (bicyclic) bond motifs is 1. The monoisotopic (exact) mass is 419 g/mol. The Bertz CT molecular complexity index is 662. The number of nitrogens with zero attached hydrogens (tertiary/aromatic N) is 2. The van der Waals surface area contributed by atoms with Crippen molar-refractivity contribution < 1.29 is 14.3 Å². The maximum Gasteiger partial charge on any atom is 0.323 e. The topological polar surface area (TPSA) is 79.3 Å². The van der Waals surface area contributed by atoms with E-state index in [-0.39, 0.29) is 12.0 Å². The van der Waals surface area contributed by atoms with E-state index in [9.17, 15) is 4.79 Å². The molecule has 3 rings (SSSR count). The Balaban J connectivity index is 1.27. The van der Waals surface area contributed by atoms with Crippen LogP contribution >= 0.6 is 0 Å². The summed E-state index contributed by atoms with van der Waals surface area (Å²) in [6.45, 7) is 6.88. The number of esters is 1. The quantitative estimate of drug-likeness (QED) is 0.324. The van der Waals surface area contributed by atoms with Gasteiger partial charge in [0, 0.05) is 31.4 Å². The summed E-state index contributed by atoms with van der Waals surface area (Å²) in [6, 6.07) is 4.82. The van der Waals surface area contributed by atoms with E-state index in [1.54, 1.807) is 7.11 Å². The number of piperidine rings is 1. The summed E-state index contributed by atoms with van der Waals surface area (Å²) >= 11 is 0. The van der Waals surface area contributed by atoms with Crippen molar-refractivity contribution in [1.29, 1.82) is 0 Å². The average Bonchev–Trinajstić information content (AvgIpc) is 2.79. The van der Waals surface area contributed by atoms with E-state index in [1.807, 2.05) is 6.92 Å². The second-order valence-corrected chi connectivity index (χ2v) is 8.45. The molecule has 7 heteroatoms. The first-order valence-electron chi connectivity index (χ1n) is 11.6. The molecule has 1 atom stereocenters. The third kappa shape index (κ3) is 6.93. The van der Waals surface area contributed by atoms with Crippen LogP contribution in [0, 0.1) is 0 Å². The molecule has 1 saturated heterocycles. The number of ether oxygens (including phenoxy) is 2. The molecule has 0 aromatic carbocycles. The Kier molecular flexibility index (Phi) is 9.36. The minimum atomic E-state index is -0.165. The van der Waals surface area contributed by atoms with Crippen molar-refractivity contribution in [3.63, 3.8) is 0 Å². The van der Waals surface area contributed by atoms with Crippen molar-refractivity contribution in [2.24, 2.45) is 0 Å². The van der Waals surface area contributed by atoms with Crippen molar-refractivity contribution in [1.82, 2.24) is 15.2 Å². The Morgan fingerprint density at radius 1 is 1.37 bits per heavy atom. The van der Waals surface area contributed by atoms with Gasteiger partial charge in [-0.2, -0.15) is 0 Å². The fraction of sp³-hybridized carbons (Fsp3) is 0.739. The number of aliphatic hydroxyl groups is 2. The third-order valence-corrected chi connectivity index (χ3v) is 6.22. The molecule has 30 heavy (non-hydrogen) atoms. The van der Waals surface area contributed by atoms with Crippen LogP contribution in [-0.4, -0.2) is 79.2 Å². The molecule has 2 aliphatic heterocycles. The molecular formula is C23H39N4O3+. The summed E-state index contributed by atoms with van der Waals surface area (Å²) in [5, 5.41) is 7.12. The van der Waals surface area contributed by atoms with Gasteiger partial charge in [-0.3, -0.25) is 9.69 Å². The van der Waals surface area contributed by atoms with Gasteiger partial charge in [0.25, 0.3) is 0 Å². The molecule has 2 aliphatic rings. The average molecular weight is 420 g/mol. The predicted octanol–water partition coefficient (Wildman–Crippen LogP) is 1.91. The Morgan fingerprint density at radius 2 is 2.20 bits per heavy atom. The van der Waals surface area contributed by atoms with Gasteiger partial charge in [-0.15, -0.1) is 0 Å². The Morgan fingerprint density at radius 3 is 3.00 bits per heavy atom. The molecule has 1 aromatic rings. The number of carbonyl (C=O) groups excluding carboxylic acids is 1. The van der Waals surface area contributed by atoms with Gasteiger partial charge in [0.1, 0.15) is 19.0 Å². The molecule has 7 nitrogen and oxygen atoms in total. The van der Waals surface area contributed by atoms with Crippen molar-refractivity contribution in [2.75, 3.05) is 51.8 Å². The lowest BCUT2D eigenvalue weighted by Crippen LogP contribution is -2.48. The molecule has 1 unspecified atom stereocenters. The number of likely N-dealkylation sites (tertiary alicyclic amines) is 1. The number of aromatic nitrogens is 1. The van der Waals surface area contributed by atoms with Crippen LogP contribution in [0.2, 0.25) is 0 Å². The van der Waals surface area contributed by atoms with Crippen molar-refractivity contribution in [3.8, 4) is 0 Å². The molecule has 0 bridgehead atoms. The molecule has 0 saturated carbocycles. The zero-order chi connectivity index (χ0) is 21.2. The first-order valence-corrected chi connectivity index (χ1v) is 11.6. The maximum absolute atomic E-state index is 12.1. The summed E-state index contributed by atoms with van der Waals surface area (Å²) in [4.78, 5) is 19.1. The number of hydrogen-bond acceptors (Lipinski definition) is 6. The summed E-state index contributed by atoms with van der Waals surface area (Å²) in [5.41, 5.74) is 2.56. The number of aryl methyl sites for hydroxylation is 2. The van der Waals surface area contributed by atoms with Crippen LogP contribution < -0.4 is 10.6 Å². The van der Waals surface area contributed by atoms with Crippen LogP contribution in [0.3, 0.4) is 0 Å². The van der Waals surface area contributed by atoms with Crippen molar-refractivity contribution in [3.05, 3.63) is 23.4 Å². The number of pyridine rings is 1. The first kappa shape index (κ1) is 23.0. The van der Waals surface area contributed by atoms with E-state index >= 15 is 0 Å². The molecule has 3 heterocycles. The number of unbranched alkanes of at least 4 members (excludes halogenated alkanes) is 1. The SMILES string of the molecule is C[OH+]CCOC(=O)C(C)N1CCC(NCCCCc2ccc3c(n2)NCCC3)CC1. The second kappa shape index (κ2) is 12.2.